The van der Waals surface area contributed by atoms with Crippen molar-refractivity contribution >= 4 is 65.6 Å². The monoisotopic (exact) mass is 751 g/mol. The van der Waals surface area contributed by atoms with E-state index in [4.69, 9.17) is 18.1 Å². The summed E-state index contributed by atoms with van der Waals surface area (Å²) in [6, 6.07) is -4.15. The summed E-state index contributed by atoms with van der Waals surface area (Å²) in [6.07, 6.45) is 0. The van der Waals surface area contributed by atoms with Crippen molar-refractivity contribution in [3.8, 4) is 44.8 Å². The third-order valence-corrected chi connectivity index (χ3v) is 9.66. The molecule has 0 amide bonds. The van der Waals surface area contributed by atoms with Crippen LogP contribution in [0.25, 0.3) is 110 Å². The van der Waals surface area contributed by atoms with E-state index >= 15 is 0 Å². The van der Waals surface area contributed by atoms with Gasteiger partial charge in [-0.15, -0.1) is 0 Å². The van der Waals surface area contributed by atoms with E-state index in [-0.39, 0.29) is 56.3 Å². The molecule has 0 aliphatic carbocycles. The summed E-state index contributed by atoms with van der Waals surface area (Å²) >= 11 is 0. The summed E-state index contributed by atoms with van der Waals surface area (Å²) in [4.78, 5) is 0. The standard InChI is InChI=1S/C54H34N2O/c1-3-12-35(13-4-1)36-14-11-15-37(30-36)40-23-27-46-47-28-25-42(34-54(47)57-53(46)33-40)56-50-21-10-8-19-44(50)48-31-38(24-29-51(48)56)39-22-26-45-43-18-7-9-20-49(43)55(52(45)32-39)41-16-5-2-6-17-41/h1-34H/i3D,7D,8D,9D,10D,11D,13D,14D,18D,19D,20D,21D,22D,23D,24D,25D,26D,27D,28D,29D,30D,31D,32D,33D,34D. The van der Waals surface area contributed by atoms with Gasteiger partial charge in [-0.3, -0.25) is 0 Å². The lowest BCUT2D eigenvalue weighted by atomic mass is 9.98. The summed E-state index contributed by atoms with van der Waals surface area (Å²) in [5.41, 5.74) is -5.47. The Labute approximate surface area is 364 Å². The molecule has 0 unspecified atom stereocenters. The highest BCUT2D eigenvalue weighted by molar-refractivity contribution is 6.13. The van der Waals surface area contributed by atoms with Crippen molar-refractivity contribution in [2.45, 2.75) is 0 Å². The second-order valence-corrected chi connectivity index (χ2v) is 12.9. The van der Waals surface area contributed by atoms with Crippen LogP contribution in [-0.2, 0) is 0 Å². The zero-order valence-electron chi connectivity index (χ0n) is 54.0. The Morgan fingerprint density at radius 1 is 0.316 bits per heavy atom. The molecular formula is C54H34N2O. The summed E-state index contributed by atoms with van der Waals surface area (Å²) in [5.74, 6) is 0. The molecule has 12 aromatic rings. The quantitative estimate of drug-likeness (QED) is 0.172. The lowest BCUT2D eigenvalue weighted by molar-refractivity contribution is 0.669. The molecule has 3 heterocycles. The van der Waals surface area contributed by atoms with Crippen LogP contribution in [0.15, 0.2) is 210 Å². The molecule has 3 aromatic heterocycles. The summed E-state index contributed by atoms with van der Waals surface area (Å²) < 4.78 is 237. The zero-order valence-corrected chi connectivity index (χ0v) is 29.0. The first-order chi connectivity index (χ1) is 38.7. The molecule has 0 N–H and O–H groups in total. The van der Waals surface area contributed by atoms with Crippen molar-refractivity contribution in [2.75, 3.05) is 0 Å². The Kier molecular flexibility index (Phi) is 3.46. The molecule has 0 fully saturated rings. The average Bonchev–Trinajstić information content (AvgIpc) is 4.37. The Balaban J connectivity index is 1.18. The first kappa shape index (κ1) is 15.9. The Morgan fingerprint density at radius 2 is 0.930 bits per heavy atom. The van der Waals surface area contributed by atoms with Crippen LogP contribution in [0.3, 0.4) is 0 Å². The topological polar surface area (TPSA) is 23.0 Å². The molecule has 9 aromatic carbocycles. The first-order valence-electron chi connectivity index (χ1n) is 30.0. The molecule has 0 saturated carbocycles. The second-order valence-electron chi connectivity index (χ2n) is 12.9. The second kappa shape index (κ2) is 12.5. The van der Waals surface area contributed by atoms with Crippen molar-refractivity contribution < 1.29 is 38.7 Å². The molecule has 57 heavy (non-hydrogen) atoms. The highest BCUT2D eigenvalue weighted by Crippen LogP contribution is 2.40. The Bertz CT molecular complexity index is 4990. The lowest BCUT2D eigenvalue weighted by Gasteiger charge is -2.10. The van der Waals surface area contributed by atoms with Crippen molar-refractivity contribution in [2.24, 2.45) is 0 Å². The predicted octanol–water partition coefficient (Wildman–Crippen LogP) is 14.8. The van der Waals surface area contributed by atoms with Gasteiger partial charge in [0, 0.05) is 49.7 Å². The van der Waals surface area contributed by atoms with E-state index in [9.17, 15) is 20.6 Å². The van der Waals surface area contributed by atoms with Crippen LogP contribution in [0.4, 0.5) is 0 Å². The number of furan rings is 1. The summed E-state index contributed by atoms with van der Waals surface area (Å²) in [5, 5.41) is -2.28. The smallest absolute Gasteiger partial charge is 0.137 e. The number of rotatable bonds is 5. The lowest BCUT2D eigenvalue weighted by Crippen LogP contribution is -1.94. The number of para-hydroxylation sites is 3. The molecule has 3 heteroatoms. The van der Waals surface area contributed by atoms with Gasteiger partial charge < -0.3 is 13.6 Å². The van der Waals surface area contributed by atoms with E-state index in [1.807, 2.05) is 0 Å². The SMILES string of the molecule is [2H]c1ccc([2H])c(-c2c([2H])c([2H])cc(-c3c([2H])c([2H])c4c(oc5c([2H])c(-n6c7c([2H])c([2H])c([2H])c([2H])c7c7c([2H])c(-c8c([2H])c([2H])c9c%10c([2H])c([2H])c([2H])c([2H])c%10n(-c%10ccccc%10)c9c8[2H])c([2H])c([2H])c76)c([2H])c([2H])c54)c3[2H])c2[2H])c1. The van der Waals surface area contributed by atoms with Gasteiger partial charge in [0.25, 0.3) is 0 Å². The molecule has 0 aliphatic heterocycles. The van der Waals surface area contributed by atoms with Gasteiger partial charge >= 0.3 is 0 Å². The van der Waals surface area contributed by atoms with Crippen LogP contribution in [0, 0.1) is 0 Å². The third-order valence-electron chi connectivity index (χ3n) is 9.66. The Hall–Kier alpha value is -7.62. The number of aromatic nitrogens is 2. The molecule has 0 atom stereocenters. The van der Waals surface area contributed by atoms with Crippen LogP contribution in [0.2, 0.25) is 0 Å². The number of nitrogens with zero attached hydrogens (tertiary/aromatic N) is 2. The fraction of sp³-hybridized carbons (Fsp3) is 0. The summed E-state index contributed by atoms with van der Waals surface area (Å²) in [7, 11) is 0. The maximum absolute atomic E-state index is 9.94. The number of hydrogen-bond acceptors (Lipinski definition) is 1. The van der Waals surface area contributed by atoms with Gasteiger partial charge in [0.1, 0.15) is 11.2 Å². The fourth-order valence-electron chi connectivity index (χ4n) is 7.11. The van der Waals surface area contributed by atoms with E-state index in [1.54, 1.807) is 30.3 Å². The van der Waals surface area contributed by atoms with E-state index in [2.05, 4.69) is 0 Å². The van der Waals surface area contributed by atoms with Gasteiger partial charge in [-0.25, -0.2) is 0 Å². The predicted molar refractivity (Wildman–Crippen MR) is 239 cm³/mol. The van der Waals surface area contributed by atoms with Crippen molar-refractivity contribution in [3.05, 3.63) is 206 Å². The van der Waals surface area contributed by atoms with Gasteiger partial charge in [-0.05, 0) is 106 Å². The number of benzene rings is 9. The third kappa shape index (κ3) is 4.99. The highest BCUT2D eigenvalue weighted by atomic mass is 16.3. The van der Waals surface area contributed by atoms with E-state index < -0.39 is 205 Å². The largest absolute Gasteiger partial charge is 0.456 e. The summed E-state index contributed by atoms with van der Waals surface area (Å²) in [6.45, 7) is 0. The minimum absolute atomic E-state index is 0.0622. The van der Waals surface area contributed by atoms with Gasteiger partial charge in [0.15, 0.2) is 0 Å². The molecule has 0 spiro atoms. The number of hydrogen-bond donors (Lipinski definition) is 0. The van der Waals surface area contributed by atoms with Crippen LogP contribution in [-0.4, -0.2) is 9.13 Å². The highest BCUT2D eigenvalue weighted by Gasteiger charge is 2.17. The van der Waals surface area contributed by atoms with Crippen LogP contribution < -0.4 is 0 Å². The molecular weight excluding hydrogens is 693 g/mol. The molecule has 0 radical (unpaired) electrons. The van der Waals surface area contributed by atoms with Crippen LogP contribution >= 0.6 is 0 Å². The number of fused-ring (bicyclic) bond motifs is 9. The van der Waals surface area contributed by atoms with Gasteiger partial charge in [-0.2, -0.15) is 0 Å². The van der Waals surface area contributed by atoms with Gasteiger partial charge in [-0.1, -0.05) is 127 Å². The molecule has 12 rings (SSSR count). The van der Waals surface area contributed by atoms with Gasteiger partial charge in [0.05, 0.1) is 56.3 Å². The van der Waals surface area contributed by atoms with Crippen LogP contribution in [0.1, 0.15) is 34.3 Å². The minimum Gasteiger partial charge on any atom is -0.456 e. The fourth-order valence-corrected chi connectivity index (χ4v) is 7.11. The van der Waals surface area contributed by atoms with Gasteiger partial charge in [0.2, 0.25) is 0 Å². The maximum Gasteiger partial charge on any atom is 0.137 e. The van der Waals surface area contributed by atoms with Crippen LogP contribution in [0.5, 0.6) is 0 Å². The average molecular weight is 752 g/mol. The van der Waals surface area contributed by atoms with Crippen molar-refractivity contribution in [1.82, 2.24) is 9.13 Å². The van der Waals surface area contributed by atoms with Crippen molar-refractivity contribution in [3.63, 3.8) is 0 Å². The molecule has 266 valence electrons. The van der Waals surface area contributed by atoms with E-state index in [1.165, 1.54) is 22.8 Å². The zero-order chi connectivity index (χ0) is 59.2. The normalized spacial score (nSPS) is 18.0. The molecule has 3 nitrogen and oxygen atoms in total. The first-order valence-corrected chi connectivity index (χ1v) is 17.5. The molecule has 0 aliphatic rings. The minimum atomic E-state index is -0.913. The molecule has 0 bridgehead atoms. The van der Waals surface area contributed by atoms with Crippen molar-refractivity contribution in [1.29, 1.82) is 0 Å². The Morgan fingerprint density at radius 3 is 1.77 bits per heavy atom. The van der Waals surface area contributed by atoms with E-state index in [0.29, 0.717) is 0 Å². The maximum atomic E-state index is 9.94. The molecule has 0 saturated heterocycles. The van der Waals surface area contributed by atoms with E-state index in [0.717, 1.165) is 10.6 Å².